The Balaban J connectivity index is 1.58. The lowest BCUT2D eigenvalue weighted by atomic mass is 9.85. The summed E-state index contributed by atoms with van der Waals surface area (Å²) in [5.41, 5.74) is 4.22. The molecule has 4 atom stereocenters. The van der Waals surface area contributed by atoms with Gasteiger partial charge in [-0.2, -0.15) is 5.26 Å². The minimum atomic E-state index is -0.372. The van der Waals surface area contributed by atoms with Gasteiger partial charge < -0.3 is 0 Å². The minimum absolute atomic E-state index is 0.0501. The predicted molar refractivity (Wildman–Crippen MR) is 106 cm³/mol. The van der Waals surface area contributed by atoms with Crippen molar-refractivity contribution < 1.29 is 9.59 Å². The maximum Gasteiger partial charge on any atom is 0.238 e. The Morgan fingerprint density at radius 3 is 2.07 bits per heavy atom. The Hall–Kier alpha value is -3.45. The normalized spacial score (nSPS) is 29.2. The number of fused-ring (bicyclic) bond motifs is 5. The third kappa shape index (κ3) is 2.10. The lowest BCUT2D eigenvalue weighted by Crippen LogP contribution is -2.33. The Labute approximate surface area is 163 Å². The summed E-state index contributed by atoms with van der Waals surface area (Å²) in [6, 6.07) is 19.0. The van der Waals surface area contributed by atoms with E-state index in [1.54, 1.807) is 24.3 Å². The average Bonchev–Trinajstić information content (AvgIpc) is 3.37. The van der Waals surface area contributed by atoms with Gasteiger partial charge in [-0.05, 0) is 30.2 Å². The van der Waals surface area contributed by atoms with Crippen molar-refractivity contribution in [2.75, 3.05) is 4.90 Å². The molecule has 2 fully saturated rings. The Kier molecular flexibility index (Phi) is 3.60. The van der Waals surface area contributed by atoms with Gasteiger partial charge in [0.15, 0.2) is 0 Å². The number of nitrogens with zero attached hydrogens (tertiary/aromatic N) is 2. The maximum absolute atomic E-state index is 13.3. The van der Waals surface area contributed by atoms with Crippen LogP contribution in [0.15, 0.2) is 72.3 Å². The number of rotatable bonds is 2. The van der Waals surface area contributed by atoms with E-state index in [9.17, 15) is 14.9 Å². The highest BCUT2D eigenvalue weighted by Gasteiger charge is 2.62. The van der Waals surface area contributed by atoms with Crippen molar-refractivity contribution in [2.45, 2.75) is 6.92 Å². The van der Waals surface area contributed by atoms with Crippen LogP contribution in [0.5, 0.6) is 0 Å². The second kappa shape index (κ2) is 6.03. The number of para-hydroxylation sites is 1. The first-order valence-corrected chi connectivity index (χ1v) is 9.45. The molecule has 1 heterocycles. The van der Waals surface area contributed by atoms with Crippen LogP contribution in [0, 0.1) is 35.0 Å². The van der Waals surface area contributed by atoms with Crippen LogP contribution in [-0.4, -0.2) is 11.8 Å². The number of hydrogen-bond donors (Lipinski definition) is 0. The lowest BCUT2D eigenvalue weighted by molar-refractivity contribution is -0.122. The molecule has 5 rings (SSSR count). The van der Waals surface area contributed by atoms with Gasteiger partial charge in [-0.1, -0.05) is 60.2 Å². The number of allylic oxidation sites excluding steroid dienone is 4. The molecule has 4 nitrogen and oxygen atoms in total. The van der Waals surface area contributed by atoms with Crippen LogP contribution >= 0.6 is 0 Å². The fourth-order valence-corrected chi connectivity index (χ4v) is 5.12. The summed E-state index contributed by atoms with van der Waals surface area (Å²) in [5.74, 6) is -1.22. The smallest absolute Gasteiger partial charge is 0.238 e. The van der Waals surface area contributed by atoms with Crippen LogP contribution in [0.4, 0.5) is 5.69 Å². The zero-order valence-electron chi connectivity index (χ0n) is 15.4. The molecular weight excluding hydrogens is 348 g/mol. The van der Waals surface area contributed by atoms with Crippen molar-refractivity contribution in [1.82, 2.24) is 0 Å². The number of imide groups is 1. The number of nitriles is 1. The van der Waals surface area contributed by atoms with Crippen molar-refractivity contribution in [2.24, 2.45) is 23.7 Å². The number of hydrogen-bond acceptors (Lipinski definition) is 3. The van der Waals surface area contributed by atoms with Crippen molar-refractivity contribution in [3.63, 3.8) is 0 Å². The monoisotopic (exact) mass is 366 g/mol. The van der Waals surface area contributed by atoms with E-state index in [2.05, 4.69) is 37.3 Å². The van der Waals surface area contributed by atoms with Gasteiger partial charge in [0.25, 0.3) is 0 Å². The first-order valence-electron chi connectivity index (χ1n) is 9.45. The van der Waals surface area contributed by atoms with E-state index in [1.807, 2.05) is 18.2 Å². The number of amides is 2. The number of benzene rings is 2. The summed E-state index contributed by atoms with van der Waals surface area (Å²) in [5, 5.41) is 9.39. The highest BCUT2D eigenvalue weighted by atomic mass is 16.2. The SMILES string of the molecule is CC(=C1[C@H]2C=C[C@H]1[C@H]1C(=O)N(c3ccccc3C#N)C(=O)[C@H]12)c1ccccc1. The molecule has 2 aromatic carbocycles. The van der Waals surface area contributed by atoms with Gasteiger partial charge in [0.1, 0.15) is 6.07 Å². The van der Waals surface area contributed by atoms with Crippen LogP contribution in [0.1, 0.15) is 18.1 Å². The van der Waals surface area contributed by atoms with E-state index in [4.69, 9.17) is 0 Å². The Morgan fingerprint density at radius 1 is 0.893 bits per heavy atom. The molecule has 136 valence electrons. The summed E-state index contributed by atoms with van der Waals surface area (Å²) >= 11 is 0. The molecule has 1 saturated heterocycles. The molecule has 2 aliphatic carbocycles. The molecular formula is C24H18N2O2. The van der Waals surface area contributed by atoms with E-state index in [0.29, 0.717) is 11.3 Å². The van der Waals surface area contributed by atoms with Crippen LogP contribution in [0.25, 0.3) is 5.57 Å². The van der Waals surface area contributed by atoms with Gasteiger partial charge >= 0.3 is 0 Å². The van der Waals surface area contributed by atoms with Gasteiger partial charge in [0.05, 0.1) is 23.1 Å². The van der Waals surface area contributed by atoms with Crippen molar-refractivity contribution in [3.8, 4) is 6.07 Å². The molecule has 2 bridgehead atoms. The molecule has 3 aliphatic rings. The topological polar surface area (TPSA) is 61.2 Å². The average molecular weight is 366 g/mol. The maximum atomic E-state index is 13.3. The quantitative estimate of drug-likeness (QED) is 0.597. The molecule has 28 heavy (non-hydrogen) atoms. The van der Waals surface area contributed by atoms with Gasteiger partial charge in [0.2, 0.25) is 11.8 Å². The molecule has 4 heteroatoms. The van der Waals surface area contributed by atoms with Crippen LogP contribution in [-0.2, 0) is 9.59 Å². The molecule has 0 spiro atoms. The third-order valence-electron chi connectivity index (χ3n) is 6.32. The standard InChI is InChI=1S/C24H18N2O2/c1-14(15-7-3-2-4-8-15)20-17-11-12-18(20)22-21(17)23(27)26(24(22)28)19-10-6-5-9-16(19)13-25/h2-12,17-18,21-22H,1H3/t17-,18-,21-,22+/m1/s1. The fraction of sp³-hybridized carbons (Fsp3) is 0.208. The summed E-state index contributed by atoms with van der Waals surface area (Å²) in [4.78, 5) is 27.8. The fourth-order valence-electron chi connectivity index (χ4n) is 5.12. The summed E-state index contributed by atoms with van der Waals surface area (Å²) in [6.45, 7) is 2.08. The minimum Gasteiger partial charge on any atom is -0.274 e. The van der Waals surface area contributed by atoms with E-state index in [1.165, 1.54) is 10.5 Å². The summed E-state index contributed by atoms with van der Waals surface area (Å²) in [7, 11) is 0. The number of carbonyl (C=O) groups is 2. The van der Waals surface area contributed by atoms with Crippen LogP contribution in [0.2, 0.25) is 0 Å². The molecule has 2 amide bonds. The Morgan fingerprint density at radius 2 is 1.46 bits per heavy atom. The van der Waals surface area contributed by atoms with E-state index < -0.39 is 0 Å². The second-order valence-corrected chi connectivity index (χ2v) is 7.58. The van der Waals surface area contributed by atoms with Gasteiger partial charge in [-0.25, -0.2) is 4.90 Å². The van der Waals surface area contributed by atoms with Crippen molar-refractivity contribution in [3.05, 3.63) is 83.4 Å². The lowest BCUT2D eigenvalue weighted by Gasteiger charge is -2.20. The van der Waals surface area contributed by atoms with Crippen molar-refractivity contribution >= 4 is 23.1 Å². The van der Waals surface area contributed by atoms with E-state index in [0.717, 1.165) is 11.1 Å². The highest BCUT2D eigenvalue weighted by Crippen LogP contribution is 2.58. The molecule has 0 N–H and O–H groups in total. The zero-order valence-corrected chi connectivity index (χ0v) is 15.4. The van der Waals surface area contributed by atoms with E-state index >= 15 is 0 Å². The molecule has 0 unspecified atom stereocenters. The van der Waals surface area contributed by atoms with Gasteiger partial charge in [-0.3, -0.25) is 9.59 Å². The summed E-state index contributed by atoms with van der Waals surface area (Å²) in [6.07, 6.45) is 4.16. The third-order valence-corrected chi connectivity index (χ3v) is 6.32. The molecule has 0 radical (unpaired) electrons. The first-order chi connectivity index (χ1) is 13.6. The predicted octanol–water partition coefficient (Wildman–Crippen LogP) is 3.95. The summed E-state index contributed by atoms with van der Waals surface area (Å²) < 4.78 is 0. The van der Waals surface area contributed by atoms with Crippen molar-refractivity contribution in [1.29, 1.82) is 5.26 Å². The van der Waals surface area contributed by atoms with Crippen LogP contribution < -0.4 is 4.90 Å². The highest BCUT2D eigenvalue weighted by molar-refractivity contribution is 6.23. The molecule has 2 aromatic rings. The second-order valence-electron chi connectivity index (χ2n) is 7.58. The zero-order chi connectivity index (χ0) is 19.4. The largest absolute Gasteiger partial charge is 0.274 e. The van der Waals surface area contributed by atoms with Crippen LogP contribution in [0.3, 0.4) is 0 Å². The van der Waals surface area contributed by atoms with E-state index in [-0.39, 0.29) is 35.5 Å². The number of anilines is 1. The van der Waals surface area contributed by atoms with Gasteiger partial charge in [0, 0.05) is 11.8 Å². The first kappa shape index (κ1) is 16.7. The Bertz CT molecular complexity index is 1070. The molecule has 1 aliphatic heterocycles. The number of carbonyl (C=O) groups excluding carboxylic acids is 2. The molecule has 0 aromatic heterocycles. The van der Waals surface area contributed by atoms with Gasteiger partial charge in [-0.15, -0.1) is 0 Å². The molecule has 1 saturated carbocycles.